The fourth-order valence-electron chi connectivity index (χ4n) is 6.25. The number of aryl methyl sites for hydroxylation is 1. The fourth-order valence-corrected chi connectivity index (χ4v) is 7.00. The third-order valence-corrected chi connectivity index (χ3v) is 9.23. The number of benzene rings is 1. The second kappa shape index (κ2) is 12.8. The molecule has 1 saturated heterocycles. The standard InChI is InChI=1S/C33H29Cl3F2N6O3/c1-7-21(45)43-16(5)12-42(13-17(43)6)30-18-10-20(34)28(22-23(35)25(37)24(36)26(38)31(22)46)41-32(18)44(33(47)19(30)11-39)29-15(4)8-9-40-27(29)14(2)3/h7-10,14,16-17,46H,1,12-13H2,2-6H3/t16-,17+. The smallest absolute Gasteiger partial charge is 0.276 e. The van der Waals surface area contributed by atoms with Crippen molar-refractivity contribution in [3.8, 4) is 28.8 Å². The molecule has 1 aliphatic heterocycles. The molecule has 1 N–H and O–H groups in total. The molecule has 1 aromatic carbocycles. The predicted molar refractivity (Wildman–Crippen MR) is 179 cm³/mol. The van der Waals surface area contributed by atoms with E-state index in [-0.39, 0.29) is 70.0 Å². The number of halogens is 5. The summed E-state index contributed by atoms with van der Waals surface area (Å²) in [6, 6.07) is 4.48. The summed E-state index contributed by atoms with van der Waals surface area (Å²) >= 11 is 18.7. The Bertz CT molecular complexity index is 2050. The van der Waals surface area contributed by atoms with E-state index in [0.29, 0.717) is 16.9 Å². The van der Waals surface area contributed by atoms with Crippen LogP contribution in [0.2, 0.25) is 15.1 Å². The SMILES string of the molecule is C=CC(=O)N1[C@H](C)CN(c2c(C#N)c(=O)n(-c3c(C)ccnc3C(C)C)c3nc(-c4c(O)c(F)c(Cl)c(F)c4Cl)c(Cl)cc23)C[C@@H]1C. The van der Waals surface area contributed by atoms with Crippen molar-refractivity contribution < 1.29 is 18.7 Å². The number of piperazine rings is 1. The molecule has 4 aromatic rings. The maximum Gasteiger partial charge on any atom is 0.276 e. The minimum atomic E-state index is -1.47. The maximum absolute atomic E-state index is 14.9. The molecule has 0 saturated carbocycles. The number of carbonyl (C=O) groups is 1. The molecule has 0 unspecified atom stereocenters. The lowest BCUT2D eigenvalue weighted by atomic mass is 10.0. The van der Waals surface area contributed by atoms with Gasteiger partial charge in [-0.3, -0.25) is 19.1 Å². The summed E-state index contributed by atoms with van der Waals surface area (Å²) in [6.45, 7) is 13.3. The third kappa shape index (κ3) is 5.48. The van der Waals surface area contributed by atoms with Crippen LogP contribution in [0.3, 0.4) is 0 Å². The molecule has 244 valence electrons. The molecule has 14 heteroatoms. The van der Waals surface area contributed by atoms with Crippen LogP contribution in [-0.2, 0) is 4.79 Å². The average Bonchev–Trinajstić information content (AvgIpc) is 3.02. The summed E-state index contributed by atoms with van der Waals surface area (Å²) in [5, 5.41) is 19.5. The van der Waals surface area contributed by atoms with Crippen LogP contribution in [0.4, 0.5) is 14.5 Å². The Hall–Kier alpha value is -4.24. The van der Waals surface area contributed by atoms with Gasteiger partial charge in [0, 0.05) is 36.8 Å². The minimum Gasteiger partial charge on any atom is -0.504 e. The molecule has 0 aliphatic carbocycles. The molecule has 0 radical (unpaired) electrons. The highest BCUT2D eigenvalue weighted by atomic mass is 35.5. The van der Waals surface area contributed by atoms with Gasteiger partial charge >= 0.3 is 0 Å². The Labute approximate surface area is 284 Å². The number of amides is 1. The highest BCUT2D eigenvalue weighted by Gasteiger charge is 2.36. The number of nitrogens with zero attached hydrogens (tertiary/aromatic N) is 6. The maximum atomic E-state index is 14.9. The number of pyridine rings is 3. The number of hydrogen-bond donors (Lipinski definition) is 1. The Balaban J connectivity index is 1.95. The summed E-state index contributed by atoms with van der Waals surface area (Å²) < 4.78 is 31.0. The first-order valence-electron chi connectivity index (χ1n) is 14.6. The highest BCUT2D eigenvalue weighted by molar-refractivity contribution is 6.39. The molecule has 3 aromatic heterocycles. The second-order valence-electron chi connectivity index (χ2n) is 11.7. The van der Waals surface area contributed by atoms with Gasteiger partial charge < -0.3 is 14.9 Å². The number of aromatic hydroxyl groups is 1. The van der Waals surface area contributed by atoms with Crippen molar-refractivity contribution in [3.05, 3.63) is 84.9 Å². The van der Waals surface area contributed by atoms with Gasteiger partial charge in [0.05, 0.1) is 38.4 Å². The lowest BCUT2D eigenvalue weighted by molar-refractivity contribution is -0.130. The van der Waals surface area contributed by atoms with Crippen molar-refractivity contribution in [1.29, 1.82) is 5.26 Å². The molecular weight excluding hydrogens is 673 g/mol. The van der Waals surface area contributed by atoms with Crippen molar-refractivity contribution in [2.75, 3.05) is 18.0 Å². The number of nitriles is 1. The Morgan fingerprint density at radius 3 is 2.36 bits per heavy atom. The molecule has 1 fully saturated rings. The Morgan fingerprint density at radius 1 is 1.15 bits per heavy atom. The molecule has 5 rings (SSSR count). The van der Waals surface area contributed by atoms with Crippen molar-refractivity contribution >= 4 is 57.4 Å². The highest BCUT2D eigenvalue weighted by Crippen LogP contribution is 2.46. The summed E-state index contributed by atoms with van der Waals surface area (Å²) in [6.07, 6.45) is 2.83. The van der Waals surface area contributed by atoms with Gasteiger partial charge in [-0.15, -0.1) is 0 Å². The number of anilines is 1. The van der Waals surface area contributed by atoms with Gasteiger partial charge in [0.25, 0.3) is 5.56 Å². The number of carbonyl (C=O) groups excluding carboxylic acids is 1. The minimum absolute atomic E-state index is 0.0439. The normalized spacial score (nSPS) is 16.6. The Morgan fingerprint density at radius 2 is 1.79 bits per heavy atom. The van der Waals surface area contributed by atoms with Crippen molar-refractivity contribution in [1.82, 2.24) is 19.4 Å². The number of rotatable bonds is 5. The van der Waals surface area contributed by atoms with Crippen molar-refractivity contribution in [2.45, 2.75) is 52.6 Å². The average molecular weight is 702 g/mol. The molecule has 0 bridgehead atoms. The van der Waals surface area contributed by atoms with Crippen LogP contribution in [-0.4, -0.2) is 55.6 Å². The second-order valence-corrected chi connectivity index (χ2v) is 12.9. The van der Waals surface area contributed by atoms with E-state index in [1.807, 2.05) is 32.6 Å². The molecule has 47 heavy (non-hydrogen) atoms. The van der Waals surface area contributed by atoms with E-state index in [1.165, 1.54) is 16.7 Å². The van der Waals surface area contributed by atoms with Gasteiger partial charge in [-0.2, -0.15) is 5.26 Å². The topological polar surface area (TPSA) is 115 Å². The van der Waals surface area contributed by atoms with E-state index in [2.05, 4.69) is 22.6 Å². The fraction of sp³-hybridized carbons (Fsp3) is 0.303. The van der Waals surface area contributed by atoms with Gasteiger partial charge in [0.1, 0.15) is 22.3 Å². The monoisotopic (exact) mass is 700 g/mol. The van der Waals surface area contributed by atoms with Crippen LogP contribution in [0, 0.1) is 29.9 Å². The van der Waals surface area contributed by atoms with E-state index in [1.54, 1.807) is 24.1 Å². The number of hydrogen-bond acceptors (Lipinski definition) is 7. The third-order valence-electron chi connectivity index (χ3n) is 8.26. The van der Waals surface area contributed by atoms with Gasteiger partial charge in [0.15, 0.2) is 17.4 Å². The molecule has 1 amide bonds. The number of fused-ring (bicyclic) bond motifs is 1. The zero-order chi connectivity index (χ0) is 34.6. The largest absolute Gasteiger partial charge is 0.504 e. The lowest BCUT2D eigenvalue weighted by Crippen LogP contribution is -2.58. The van der Waals surface area contributed by atoms with Crippen LogP contribution in [0.5, 0.6) is 5.75 Å². The van der Waals surface area contributed by atoms with Crippen LogP contribution in [0.15, 0.2) is 35.8 Å². The van der Waals surface area contributed by atoms with E-state index in [0.717, 1.165) is 0 Å². The van der Waals surface area contributed by atoms with Gasteiger partial charge in [-0.05, 0) is 50.5 Å². The molecule has 9 nitrogen and oxygen atoms in total. The van der Waals surface area contributed by atoms with Crippen LogP contribution < -0.4 is 10.5 Å². The summed E-state index contributed by atoms with van der Waals surface area (Å²) in [7, 11) is 0. The molecule has 4 heterocycles. The predicted octanol–water partition coefficient (Wildman–Crippen LogP) is 7.31. The zero-order valence-corrected chi connectivity index (χ0v) is 28.3. The number of phenols is 1. The number of aromatic nitrogens is 3. The van der Waals surface area contributed by atoms with Crippen LogP contribution in [0.25, 0.3) is 28.0 Å². The first kappa shape index (κ1) is 34.1. The van der Waals surface area contributed by atoms with E-state index < -0.39 is 38.6 Å². The molecule has 1 aliphatic rings. The quantitative estimate of drug-likeness (QED) is 0.132. The van der Waals surface area contributed by atoms with Crippen molar-refractivity contribution in [2.24, 2.45) is 0 Å². The van der Waals surface area contributed by atoms with E-state index in [4.69, 9.17) is 34.8 Å². The lowest BCUT2D eigenvalue weighted by Gasteiger charge is -2.45. The van der Waals surface area contributed by atoms with Crippen molar-refractivity contribution in [3.63, 3.8) is 0 Å². The molecular formula is C33H29Cl3F2N6O3. The summed E-state index contributed by atoms with van der Waals surface area (Å²) in [4.78, 5) is 39.8. The summed E-state index contributed by atoms with van der Waals surface area (Å²) in [5.74, 6) is -4.34. The summed E-state index contributed by atoms with van der Waals surface area (Å²) in [5.41, 5.74) is -0.187. The first-order valence-corrected chi connectivity index (χ1v) is 15.7. The van der Waals surface area contributed by atoms with Gasteiger partial charge in [-0.25, -0.2) is 13.8 Å². The van der Waals surface area contributed by atoms with E-state index >= 15 is 0 Å². The molecule has 2 atom stereocenters. The number of phenolic OH excluding ortho intramolecular Hbond substituents is 1. The van der Waals surface area contributed by atoms with Crippen LogP contribution in [0.1, 0.15) is 50.4 Å². The Kier molecular flexibility index (Phi) is 9.25. The zero-order valence-electron chi connectivity index (χ0n) is 26.0. The first-order chi connectivity index (χ1) is 22.2. The van der Waals surface area contributed by atoms with Gasteiger partial charge in [-0.1, -0.05) is 55.2 Å². The van der Waals surface area contributed by atoms with Gasteiger partial charge in [0.2, 0.25) is 5.91 Å². The molecule has 0 spiro atoms. The van der Waals surface area contributed by atoms with E-state index in [9.17, 15) is 28.7 Å². The van der Waals surface area contributed by atoms with Crippen LogP contribution >= 0.6 is 34.8 Å².